The zero-order chi connectivity index (χ0) is 17.1. The van der Waals surface area contributed by atoms with Crippen LogP contribution in [0.3, 0.4) is 0 Å². The molecule has 0 bridgehead atoms. The van der Waals surface area contributed by atoms with Gasteiger partial charge in [0, 0.05) is 12.1 Å². The Hall–Kier alpha value is -1.80. The summed E-state index contributed by atoms with van der Waals surface area (Å²) in [5.74, 6) is -0.468. The first-order chi connectivity index (χ1) is 10.7. The number of nitrogens with zero attached hydrogens (tertiary/aromatic N) is 1. The Kier molecular flexibility index (Phi) is 5.16. The Balaban J connectivity index is 2.14. The Bertz CT molecular complexity index is 691. The van der Waals surface area contributed by atoms with Crippen molar-refractivity contribution in [1.29, 1.82) is 0 Å². The van der Waals surface area contributed by atoms with Crippen molar-refractivity contribution in [2.45, 2.75) is 50.3 Å². The molecule has 23 heavy (non-hydrogen) atoms. The molecule has 1 aliphatic rings. The van der Waals surface area contributed by atoms with Crippen molar-refractivity contribution in [2.75, 3.05) is 0 Å². The number of nitro groups is 1. The average Bonchev–Trinajstić information content (AvgIpc) is 2.47. The molecule has 0 saturated heterocycles. The molecule has 1 aromatic carbocycles. The van der Waals surface area contributed by atoms with E-state index in [1.54, 1.807) is 0 Å². The molecule has 2 rings (SSSR count). The minimum atomic E-state index is -3.71. The van der Waals surface area contributed by atoms with Crippen molar-refractivity contribution in [3.05, 3.63) is 39.9 Å². The first-order valence-electron chi connectivity index (χ1n) is 7.50. The van der Waals surface area contributed by atoms with Crippen LogP contribution in [-0.2, 0) is 20.6 Å². The number of rotatable bonds is 6. The van der Waals surface area contributed by atoms with Crippen LogP contribution in [0.15, 0.2) is 24.3 Å². The summed E-state index contributed by atoms with van der Waals surface area (Å²) in [6.45, 7) is 1.42. The number of Topliss-reactive ketones (excluding diaryl/α,β-unsaturated/α-hetero) is 1. The van der Waals surface area contributed by atoms with Gasteiger partial charge in [0.05, 0.1) is 16.2 Å². The number of nitro benzene ring substituents is 1. The largest absolute Gasteiger partial charge is 0.298 e. The summed E-state index contributed by atoms with van der Waals surface area (Å²) in [6.07, 6.45) is 3.67. The third-order valence-electron chi connectivity index (χ3n) is 4.24. The number of ketones is 1. The summed E-state index contributed by atoms with van der Waals surface area (Å²) in [4.78, 5) is 22.0. The van der Waals surface area contributed by atoms with E-state index in [1.807, 2.05) is 0 Å². The molecule has 1 saturated carbocycles. The first-order valence-corrected chi connectivity index (χ1v) is 9.15. The summed E-state index contributed by atoms with van der Waals surface area (Å²) in [5.41, 5.74) is -0.651. The number of carbonyl (C=O) groups excluding carboxylic acids is 1. The van der Waals surface area contributed by atoms with E-state index in [0.717, 1.165) is 19.3 Å². The van der Waals surface area contributed by atoms with Gasteiger partial charge in [-0.25, -0.2) is 13.1 Å². The van der Waals surface area contributed by atoms with Gasteiger partial charge in [0.1, 0.15) is 0 Å². The lowest BCUT2D eigenvalue weighted by atomic mass is 9.80. The highest BCUT2D eigenvalue weighted by molar-refractivity contribution is 7.88. The van der Waals surface area contributed by atoms with E-state index in [-0.39, 0.29) is 17.2 Å². The molecule has 0 atom stereocenters. The predicted octanol–water partition coefficient (Wildman–Crippen LogP) is 2.31. The number of hydrogen-bond donors (Lipinski definition) is 1. The lowest BCUT2D eigenvalue weighted by Crippen LogP contribution is -2.54. The number of carbonyl (C=O) groups is 1. The Morgan fingerprint density at radius 1 is 1.22 bits per heavy atom. The zero-order valence-corrected chi connectivity index (χ0v) is 13.8. The smallest absolute Gasteiger partial charge is 0.269 e. The SMILES string of the molecule is CC(=O)C1(NS(=O)(=O)Cc2ccc([N+](=O)[O-])cc2)CCCCC1. The van der Waals surface area contributed by atoms with Gasteiger partial charge in [-0.3, -0.25) is 14.9 Å². The molecule has 0 aromatic heterocycles. The molecule has 0 amide bonds. The quantitative estimate of drug-likeness (QED) is 0.632. The molecular formula is C15H20N2O5S. The van der Waals surface area contributed by atoms with E-state index in [9.17, 15) is 23.3 Å². The van der Waals surface area contributed by atoms with E-state index >= 15 is 0 Å². The lowest BCUT2D eigenvalue weighted by Gasteiger charge is -2.35. The molecule has 0 spiro atoms. The van der Waals surface area contributed by atoms with Crippen molar-refractivity contribution in [3.63, 3.8) is 0 Å². The van der Waals surface area contributed by atoms with Crippen LogP contribution in [0.1, 0.15) is 44.6 Å². The molecule has 126 valence electrons. The van der Waals surface area contributed by atoms with E-state index in [0.29, 0.717) is 18.4 Å². The summed E-state index contributed by atoms with van der Waals surface area (Å²) in [7, 11) is -3.71. The maximum Gasteiger partial charge on any atom is 0.269 e. The van der Waals surface area contributed by atoms with E-state index < -0.39 is 20.5 Å². The fourth-order valence-electron chi connectivity index (χ4n) is 2.95. The maximum atomic E-state index is 12.4. The summed E-state index contributed by atoms with van der Waals surface area (Å²) < 4.78 is 27.4. The number of non-ortho nitro benzene ring substituents is 1. The van der Waals surface area contributed by atoms with Gasteiger partial charge in [-0.15, -0.1) is 0 Å². The fourth-order valence-corrected chi connectivity index (χ4v) is 4.60. The number of sulfonamides is 1. The highest BCUT2D eigenvalue weighted by Gasteiger charge is 2.40. The van der Waals surface area contributed by atoms with E-state index in [4.69, 9.17) is 0 Å². The van der Waals surface area contributed by atoms with Crippen LogP contribution >= 0.6 is 0 Å². The second kappa shape index (κ2) is 6.76. The zero-order valence-electron chi connectivity index (χ0n) is 12.9. The molecule has 0 aliphatic heterocycles. The number of hydrogen-bond acceptors (Lipinski definition) is 5. The number of benzene rings is 1. The van der Waals surface area contributed by atoms with E-state index in [1.165, 1.54) is 31.2 Å². The van der Waals surface area contributed by atoms with Crippen LogP contribution in [0.4, 0.5) is 5.69 Å². The monoisotopic (exact) mass is 340 g/mol. The molecule has 7 nitrogen and oxygen atoms in total. The molecular weight excluding hydrogens is 320 g/mol. The Morgan fingerprint density at radius 2 is 1.78 bits per heavy atom. The molecule has 0 heterocycles. The molecule has 1 N–H and O–H groups in total. The summed E-state index contributed by atoms with van der Waals surface area (Å²) in [6, 6.07) is 5.37. The topological polar surface area (TPSA) is 106 Å². The van der Waals surface area contributed by atoms with Crippen molar-refractivity contribution >= 4 is 21.5 Å². The van der Waals surface area contributed by atoms with Gasteiger partial charge in [0.2, 0.25) is 10.0 Å². The van der Waals surface area contributed by atoms with Crippen LogP contribution in [0.25, 0.3) is 0 Å². The van der Waals surface area contributed by atoms with Crippen molar-refractivity contribution in [1.82, 2.24) is 4.72 Å². The third kappa shape index (κ3) is 4.35. The molecule has 1 aromatic rings. The van der Waals surface area contributed by atoms with Crippen molar-refractivity contribution < 1.29 is 18.1 Å². The molecule has 1 fully saturated rings. The van der Waals surface area contributed by atoms with Gasteiger partial charge in [0.25, 0.3) is 5.69 Å². The maximum absolute atomic E-state index is 12.4. The van der Waals surface area contributed by atoms with Crippen LogP contribution in [0.2, 0.25) is 0 Å². The first kappa shape index (κ1) is 17.6. The Labute approximate surface area is 135 Å². The lowest BCUT2D eigenvalue weighted by molar-refractivity contribution is -0.384. The summed E-state index contributed by atoms with van der Waals surface area (Å²) >= 11 is 0. The van der Waals surface area contributed by atoms with Gasteiger partial charge in [0.15, 0.2) is 5.78 Å². The highest BCUT2D eigenvalue weighted by Crippen LogP contribution is 2.30. The van der Waals surface area contributed by atoms with Gasteiger partial charge >= 0.3 is 0 Å². The highest BCUT2D eigenvalue weighted by atomic mass is 32.2. The molecule has 0 unspecified atom stereocenters. The van der Waals surface area contributed by atoms with Crippen molar-refractivity contribution in [3.8, 4) is 0 Å². The van der Waals surface area contributed by atoms with Crippen LogP contribution in [0, 0.1) is 10.1 Å². The van der Waals surface area contributed by atoms with E-state index in [2.05, 4.69) is 4.72 Å². The van der Waals surface area contributed by atoms with Gasteiger partial charge in [-0.2, -0.15) is 0 Å². The second-order valence-corrected chi connectivity index (χ2v) is 7.71. The second-order valence-electron chi connectivity index (χ2n) is 5.98. The normalized spacial score (nSPS) is 17.6. The molecule has 0 radical (unpaired) electrons. The fraction of sp³-hybridized carbons (Fsp3) is 0.533. The summed E-state index contributed by atoms with van der Waals surface area (Å²) in [5, 5.41) is 10.6. The minimum absolute atomic E-state index is 0.0911. The predicted molar refractivity (Wildman–Crippen MR) is 85.4 cm³/mol. The van der Waals surface area contributed by atoms with Gasteiger partial charge in [-0.1, -0.05) is 31.4 Å². The van der Waals surface area contributed by atoms with Gasteiger partial charge < -0.3 is 0 Å². The average molecular weight is 340 g/mol. The van der Waals surface area contributed by atoms with Crippen LogP contribution in [0.5, 0.6) is 0 Å². The van der Waals surface area contributed by atoms with Crippen LogP contribution in [-0.4, -0.2) is 24.7 Å². The Morgan fingerprint density at radius 3 is 2.26 bits per heavy atom. The third-order valence-corrected chi connectivity index (χ3v) is 5.65. The minimum Gasteiger partial charge on any atom is -0.298 e. The number of nitrogens with one attached hydrogen (secondary N) is 1. The van der Waals surface area contributed by atoms with Gasteiger partial charge in [-0.05, 0) is 25.3 Å². The van der Waals surface area contributed by atoms with Crippen LogP contribution < -0.4 is 4.72 Å². The van der Waals surface area contributed by atoms with Crippen molar-refractivity contribution in [2.24, 2.45) is 0 Å². The molecule has 8 heteroatoms. The standard InChI is InChI=1S/C15H20N2O5S/c1-12(18)15(9-3-2-4-10-15)16-23(21,22)11-13-5-7-14(8-6-13)17(19)20/h5-8,16H,2-4,9-11H2,1H3. The molecule has 1 aliphatic carbocycles.